The number of aliphatic hydroxyl groups is 4. The van der Waals surface area contributed by atoms with Crippen LogP contribution in [0.2, 0.25) is 0 Å². The van der Waals surface area contributed by atoms with Gasteiger partial charge in [0.05, 0.1) is 6.61 Å². The maximum atomic E-state index is 12.7. The van der Waals surface area contributed by atoms with E-state index < -0.39 is 36.8 Å². The summed E-state index contributed by atoms with van der Waals surface area (Å²) < 4.78 is 11.4. The molecule has 2 aromatic carbocycles. The fraction of sp³-hybridized carbons (Fsp3) is 0.480. The number of hydrogen-bond acceptors (Lipinski definition) is 7. The number of ether oxygens (including phenoxy) is 2. The minimum atomic E-state index is -1.89. The zero-order valence-corrected chi connectivity index (χ0v) is 18.8. The van der Waals surface area contributed by atoms with E-state index in [4.69, 9.17) is 9.47 Å². The van der Waals surface area contributed by atoms with Crippen LogP contribution in [0.4, 0.5) is 0 Å². The number of rotatable bonds is 5. The predicted octanol–water partition coefficient (Wildman–Crippen LogP) is 1.47. The number of nitrogens with zero attached hydrogens (tertiary/aromatic N) is 1. The van der Waals surface area contributed by atoms with Crippen LogP contribution < -0.4 is 4.74 Å². The van der Waals surface area contributed by atoms with Gasteiger partial charge in [0.2, 0.25) is 6.29 Å². The Morgan fingerprint density at radius 2 is 1.85 bits per heavy atom. The maximum Gasteiger partial charge on any atom is 0.253 e. The molecule has 0 bridgehead atoms. The Morgan fingerprint density at radius 3 is 2.52 bits per heavy atom. The van der Waals surface area contributed by atoms with E-state index >= 15 is 0 Å². The molecular formula is C25H31NO7. The second-order valence-electron chi connectivity index (χ2n) is 9.03. The average Bonchev–Trinajstić information content (AvgIpc) is 3.35. The fourth-order valence-electron chi connectivity index (χ4n) is 4.37. The first-order valence-corrected chi connectivity index (χ1v) is 11.2. The Hall–Kier alpha value is -2.49. The van der Waals surface area contributed by atoms with E-state index in [1.165, 1.54) is 6.92 Å². The van der Waals surface area contributed by atoms with Gasteiger partial charge in [0.1, 0.15) is 24.1 Å². The minimum Gasteiger partial charge on any atom is -0.461 e. The molecule has 0 saturated carbocycles. The summed E-state index contributed by atoms with van der Waals surface area (Å²) in [7, 11) is 0. The molecule has 4 rings (SSSR count). The Kier molecular flexibility index (Phi) is 6.74. The maximum absolute atomic E-state index is 12.7. The molecule has 5 atom stereocenters. The number of benzene rings is 2. The number of aliphatic hydroxyl groups excluding tert-OH is 3. The van der Waals surface area contributed by atoms with Crippen LogP contribution in [-0.4, -0.2) is 81.1 Å². The van der Waals surface area contributed by atoms with Gasteiger partial charge in [-0.25, -0.2) is 0 Å². The third-order valence-corrected chi connectivity index (χ3v) is 6.50. The van der Waals surface area contributed by atoms with Gasteiger partial charge in [-0.15, -0.1) is 0 Å². The van der Waals surface area contributed by atoms with Gasteiger partial charge < -0.3 is 34.8 Å². The lowest BCUT2D eigenvalue weighted by Crippen LogP contribution is -2.66. The molecule has 2 aliphatic heterocycles. The van der Waals surface area contributed by atoms with Gasteiger partial charge in [-0.05, 0) is 67.6 Å². The summed E-state index contributed by atoms with van der Waals surface area (Å²) in [5.41, 5.74) is 1.32. The highest BCUT2D eigenvalue weighted by atomic mass is 16.7. The van der Waals surface area contributed by atoms with E-state index in [1.54, 1.807) is 6.07 Å². The van der Waals surface area contributed by atoms with Crippen LogP contribution in [0.1, 0.15) is 35.7 Å². The normalized spacial score (nSPS) is 29.8. The monoisotopic (exact) mass is 457 g/mol. The molecule has 8 nitrogen and oxygen atoms in total. The van der Waals surface area contributed by atoms with E-state index in [0.29, 0.717) is 11.3 Å². The van der Waals surface area contributed by atoms with Crippen LogP contribution in [0.15, 0.2) is 42.5 Å². The Morgan fingerprint density at radius 1 is 1.15 bits per heavy atom. The molecule has 2 saturated heterocycles. The largest absolute Gasteiger partial charge is 0.461 e. The van der Waals surface area contributed by atoms with E-state index in [0.717, 1.165) is 42.6 Å². The van der Waals surface area contributed by atoms with E-state index in [-0.39, 0.29) is 5.91 Å². The summed E-state index contributed by atoms with van der Waals surface area (Å²) in [6.07, 6.45) is -3.29. The van der Waals surface area contributed by atoms with Crippen LogP contribution >= 0.6 is 0 Å². The second-order valence-corrected chi connectivity index (χ2v) is 9.03. The Balaban J connectivity index is 1.54. The SMILES string of the molecule is Cc1cc(-c2cccc(C(=O)N3CCCC3)c2)ccc1O[C@H]1O[C@H](CO)[C@@H](O)[C@H](O)[C@]1(C)O. The first-order chi connectivity index (χ1) is 15.7. The van der Waals surface area contributed by atoms with Crippen molar-refractivity contribution >= 4 is 5.91 Å². The summed E-state index contributed by atoms with van der Waals surface area (Å²) in [6, 6.07) is 13.0. The third kappa shape index (κ3) is 4.62. The second kappa shape index (κ2) is 9.40. The van der Waals surface area contributed by atoms with Crippen LogP contribution in [-0.2, 0) is 4.74 Å². The molecular weight excluding hydrogens is 426 g/mol. The molecule has 0 unspecified atom stereocenters. The highest BCUT2D eigenvalue weighted by molar-refractivity contribution is 5.95. The van der Waals surface area contributed by atoms with Crippen molar-refractivity contribution in [1.82, 2.24) is 4.90 Å². The Bertz CT molecular complexity index is 1000. The fourth-order valence-corrected chi connectivity index (χ4v) is 4.37. The van der Waals surface area contributed by atoms with Gasteiger partial charge in [0, 0.05) is 18.7 Å². The van der Waals surface area contributed by atoms with E-state index in [9.17, 15) is 25.2 Å². The van der Waals surface area contributed by atoms with Crippen LogP contribution in [0.5, 0.6) is 5.75 Å². The molecule has 2 aliphatic rings. The quantitative estimate of drug-likeness (QED) is 0.537. The van der Waals surface area contributed by atoms with Crippen molar-refractivity contribution in [2.24, 2.45) is 0 Å². The summed E-state index contributed by atoms with van der Waals surface area (Å²) in [6.45, 7) is 4.21. The number of likely N-dealkylation sites (tertiary alicyclic amines) is 1. The summed E-state index contributed by atoms with van der Waals surface area (Å²) >= 11 is 0. The van der Waals surface area contributed by atoms with Gasteiger partial charge in [-0.2, -0.15) is 0 Å². The summed E-state index contributed by atoms with van der Waals surface area (Å²) in [5.74, 6) is 0.468. The average molecular weight is 458 g/mol. The van der Waals surface area contributed by atoms with Crippen molar-refractivity contribution in [1.29, 1.82) is 0 Å². The minimum absolute atomic E-state index is 0.0434. The van der Waals surface area contributed by atoms with Gasteiger partial charge in [-0.3, -0.25) is 4.79 Å². The molecule has 8 heteroatoms. The van der Waals surface area contributed by atoms with Crippen LogP contribution in [0.3, 0.4) is 0 Å². The van der Waals surface area contributed by atoms with Crippen molar-refractivity contribution in [3.8, 4) is 16.9 Å². The summed E-state index contributed by atoms with van der Waals surface area (Å²) in [4.78, 5) is 14.6. The van der Waals surface area contributed by atoms with Crippen molar-refractivity contribution in [3.63, 3.8) is 0 Å². The number of hydrogen-bond donors (Lipinski definition) is 4. The lowest BCUT2D eigenvalue weighted by molar-refractivity contribution is -0.314. The van der Waals surface area contributed by atoms with Gasteiger partial charge in [0.25, 0.3) is 5.91 Å². The van der Waals surface area contributed by atoms with Crippen LogP contribution in [0.25, 0.3) is 11.1 Å². The molecule has 178 valence electrons. The first kappa shape index (κ1) is 23.7. The molecule has 0 radical (unpaired) electrons. The molecule has 2 fully saturated rings. The summed E-state index contributed by atoms with van der Waals surface area (Å²) in [5, 5.41) is 40.4. The standard InChI is InChI=1S/C25H31NO7/c1-15-12-17(16-6-5-7-18(13-16)23(30)26-10-3-4-11-26)8-9-19(15)32-24-25(2,31)22(29)21(28)20(14-27)33-24/h5-9,12-13,20-22,24,27-29,31H,3-4,10-11,14H2,1-2H3/t20-,21-,22+,24+,25+/m1/s1. The van der Waals surface area contributed by atoms with E-state index in [1.807, 2.05) is 48.2 Å². The number of carbonyl (C=O) groups is 1. The zero-order chi connectivity index (χ0) is 23.8. The molecule has 2 aromatic rings. The first-order valence-electron chi connectivity index (χ1n) is 11.2. The van der Waals surface area contributed by atoms with Crippen molar-refractivity contribution in [2.45, 2.75) is 56.9 Å². The number of aryl methyl sites for hydroxylation is 1. The van der Waals surface area contributed by atoms with Crippen molar-refractivity contribution in [3.05, 3.63) is 53.6 Å². The molecule has 33 heavy (non-hydrogen) atoms. The van der Waals surface area contributed by atoms with Gasteiger partial charge >= 0.3 is 0 Å². The van der Waals surface area contributed by atoms with Gasteiger partial charge in [0.15, 0.2) is 5.60 Å². The van der Waals surface area contributed by atoms with Crippen LogP contribution in [0, 0.1) is 6.92 Å². The predicted molar refractivity (Wildman–Crippen MR) is 121 cm³/mol. The molecule has 1 amide bonds. The number of amides is 1. The van der Waals surface area contributed by atoms with Crippen molar-refractivity contribution < 1.29 is 34.7 Å². The Labute approximate surface area is 193 Å². The lowest BCUT2D eigenvalue weighted by atomic mass is 9.88. The molecule has 2 heterocycles. The zero-order valence-electron chi connectivity index (χ0n) is 18.8. The number of carbonyl (C=O) groups excluding carboxylic acids is 1. The third-order valence-electron chi connectivity index (χ3n) is 6.50. The van der Waals surface area contributed by atoms with E-state index in [2.05, 4.69) is 0 Å². The molecule has 4 N–H and O–H groups in total. The lowest BCUT2D eigenvalue weighted by Gasteiger charge is -2.45. The smallest absolute Gasteiger partial charge is 0.253 e. The highest BCUT2D eigenvalue weighted by Gasteiger charge is 2.53. The van der Waals surface area contributed by atoms with Gasteiger partial charge in [-0.1, -0.05) is 18.2 Å². The highest BCUT2D eigenvalue weighted by Crippen LogP contribution is 2.34. The molecule has 0 spiro atoms. The molecule has 0 aliphatic carbocycles. The molecule has 0 aromatic heterocycles. The topological polar surface area (TPSA) is 120 Å². The van der Waals surface area contributed by atoms with Crippen molar-refractivity contribution in [2.75, 3.05) is 19.7 Å².